The van der Waals surface area contributed by atoms with Crippen LogP contribution in [0.1, 0.15) is 5.56 Å². The molecule has 0 unspecified atom stereocenters. The molecule has 0 amide bonds. The Morgan fingerprint density at radius 2 is 1.83 bits per heavy atom. The second-order valence-corrected chi connectivity index (χ2v) is 5.83. The number of methoxy groups -OCH3 is 1. The maximum atomic E-state index is 6.23. The van der Waals surface area contributed by atoms with Crippen LogP contribution in [0.3, 0.4) is 0 Å². The van der Waals surface area contributed by atoms with E-state index in [1.807, 2.05) is 48.7 Å². The van der Waals surface area contributed by atoms with E-state index in [1.54, 1.807) is 7.11 Å². The number of imidazole rings is 1. The fourth-order valence-electron chi connectivity index (χ4n) is 2.58. The number of nitrogens with zero attached hydrogens (tertiary/aromatic N) is 2. The molecule has 0 saturated carbocycles. The largest absolute Gasteiger partial charge is 0.383 e. The molecule has 2 aromatic carbocycles. The molecule has 1 heterocycles. The van der Waals surface area contributed by atoms with Crippen LogP contribution in [-0.2, 0) is 17.8 Å². The Balaban J connectivity index is 1.85. The Kier molecular flexibility index (Phi) is 5.51. The summed E-state index contributed by atoms with van der Waals surface area (Å²) < 4.78 is 7.38. The number of aromatic nitrogens is 2. The molecule has 3 rings (SSSR count). The van der Waals surface area contributed by atoms with E-state index in [0.29, 0.717) is 13.2 Å². The van der Waals surface area contributed by atoms with Crippen LogP contribution in [0.4, 0.5) is 5.95 Å². The summed E-state index contributed by atoms with van der Waals surface area (Å²) in [7, 11) is 1.70. The van der Waals surface area contributed by atoms with Crippen molar-refractivity contribution < 1.29 is 4.74 Å². The summed E-state index contributed by atoms with van der Waals surface area (Å²) in [5.41, 5.74) is 3.24. The Hall–Kier alpha value is -2.30. The van der Waals surface area contributed by atoms with E-state index in [-0.39, 0.29) is 0 Å². The van der Waals surface area contributed by atoms with Crippen LogP contribution in [0.5, 0.6) is 0 Å². The summed E-state index contributed by atoms with van der Waals surface area (Å²) >= 11 is 6.23. The van der Waals surface area contributed by atoms with Crippen LogP contribution in [0.25, 0.3) is 11.3 Å². The molecule has 124 valence electrons. The molecule has 3 aromatic rings. The maximum Gasteiger partial charge on any atom is 0.203 e. The van der Waals surface area contributed by atoms with Gasteiger partial charge in [-0.15, -0.1) is 0 Å². The minimum absolute atomic E-state index is 0.622. The number of ether oxygens (including phenoxy) is 1. The van der Waals surface area contributed by atoms with Crippen molar-refractivity contribution in [3.63, 3.8) is 0 Å². The third kappa shape index (κ3) is 3.78. The van der Waals surface area contributed by atoms with Gasteiger partial charge in [0.25, 0.3) is 0 Å². The monoisotopic (exact) mass is 341 g/mol. The van der Waals surface area contributed by atoms with Gasteiger partial charge < -0.3 is 14.6 Å². The van der Waals surface area contributed by atoms with Crippen LogP contribution < -0.4 is 5.32 Å². The maximum absolute atomic E-state index is 6.23. The molecule has 0 saturated heterocycles. The number of halogens is 1. The highest BCUT2D eigenvalue weighted by atomic mass is 35.5. The van der Waals surface area contributed by atoms with Crippen LogP contribution in [0, 0.1) is 0 Å². The van der Waals surface area contributed by atoms with Gasteiger partial charge in [0.2, 0.25) is 5.95 Å². The first-order valence-electron chi connectivity index (χ1n) is 7.86. The van der Waals surface area contributed by atoms with Crippen molar-refractivity contribution >= 4 is 17.5 Å². The Morgan fingerprint density at radius 1 is 1.08 bits per heavy atom. The summed E-state index contributed by atoms with van der Waals surface area (Å²) in [4.78, 5) is 4.54. The molecule has 5 heteroatoms. The molecule has 0 aliphatic carbocycles. The van der Waals surface area contributed by atoms with E-state index < -0.39 is 0 Å². The second kappa shape index (κ2) is 7.99. The third-order valence-corrected chi connectivity index (χ3v) is 4.21. The fourth-order valence-corrected chi connectivity index (χ4v) is 2.78. The van der Waals surface area contributed by atoms with Crippen LogP contribution in [0.2, 0.25) is 5.02 Å². The summed E-state index contributed by atoms with van der Waals surface area (Å²) in [6.07, 6.45) is 1.89. The normalized spacial score (nSPS) is 10.8. The summed E-state index contributed by atoms with van der Waals surface area (Å²) in [5, 5.41) is 4.13. The molecule has 4 nitrogen and oxygen atoms in total. The SMILES string of the molecule is COCCn1c(-c2ccccc2)cnc1NCc1ccccc1Cl. The number of nitrogens with one attached hydrogen (secondary N) is 1. The zero-order valence-electron chi connectivity index (χ0n) is 13.6. The summed E-state index contributed by atoms with van der Waals surface area (Å²) in [5.74, 6) is 0.811. The van der Waals surface area contributed by atoms with Gasteiger partial charge in [-0.3, -0.25) is 0 Å². The Labute approximate surface area is 147 Å². The van der Waals surface area contributed by atoms with Crippen molar-refractivity contribution in [3.8, 4) is 11.3 Å². The third-order valence-electron chi connectivity index (χ3n) is 3.84. The quantitative estimate of drug-likeness (QED) is 0.689. The second-order valence-electron chi connectivity index (χ2n) is 5.42. The first-order chi connectivity index (χ1) is 11.8. The Morgan fingerprint density at radius 3 is 2.58 bits per heavy atom. The molecule has 0 aliphatic rings. The lowest BCUT2D eigenvalue weighted by atomic mass is 10.2. The molecular weight excluding hydrogens is 322 g/mol. The van der Waals surface area contributed by atoms with Crippen molar-refractivity contribution in [3.05, 3.63) is 71.4 Å². The van der Waals surface area contributed by atoms with Crippen molar-refractivity contribution in [1.29, 1.82) is 0 Å². The predicted octanol–water partition coefficient (Wildman–Crippen LogP) is 4.46. The topological polar surface area (TPSA) is 39.1 Å². The minimum atomic E-state index is 0.622. The highest BCUT2D eigenvalue weighted by Crippen LogP contribution is 2.24. The van der Waals surface area contributed by atoms with E-state index in [2.05, 4.69) is 27.0 Å². The zero-order valence-corrected chi connectivity index (χ0v) is 14.3. The summed E-state index contributed by atoms with van der Waals surface area (Å²) in [6, 6.07) is 18.0. The Bertz CT molecular complexity index is 786. The molecule has 1 aromatic heterocycles. The van der Waals surface area contributed by atoms with Gasteiger partial charge >= 0.3 is 0 Å². The van der Waals surface area contributed by atoms with E-state index >= 15 is 0 Å². The van der Waals surface area contributed by atoms with Crippen LogP contribution in [0.15, 0.2) is 60.8 Å². The van der Waals surface area contributed by atoms with Crippen molar-refractivity contribution in [2.75, 3.05) is 19.0 Å². The number of hydrogen-bond donors (Lipinski definition) is 1. The molecule has 0 aliphatic heterocycles. The zero-order chi connectivity index (χ0) is 16.8. The average molecular weight is 342 g/mol. The molecular formula is C19H20ClN3O. The first-order valence-corrected chi connectivity index (χ1v) is 8.24. The number of rotatable bonds is 7. The van der Waals surface area contributed by atoms with E-state index in [0.717, 1.165) is 34.3 Å². The van der Waals surface area contributed by atoms with Crippen molar-refractivity contribution in [1.82, 2.24) is 9.55 Å². The van der Waals surface area contributed by atoms with Crippen LogP contribution >= 0.6 is 11.6 Å². The molecule has 0 radical (unpaired) electrons. The summed E-state index contributed by atoms with van der Waals surface area (Å²) in [6.45, 7) is 1.97. The molecule has 0 atom stereocenters. The lowest BCUT2D eigenvalue weighted by molar-refractivity contribution is 0.188. The van der Waals surface area contributed by atoms with Gasteiger partial charge in [-0.05, 0) is 17.2 Å². The highest BCUT2D eigenvalue weighted by Gasteiger charge is 2.11. The fraction of sp³-hybridized carbons (Fsp3) is 0.211. The van der Waals surface area contributed by atoms with E-state index in [4.69, 9.17) is 16.3 Å². The van der Waals surface area contributed by atoms with E-state index in [9.17, 15) is 0 Å². The lowest BCUT2D eigenvalue weighted by Gasteiger charge is -2.13. The van der Waals surface area contributed by atoms with Gasteiger partial charge in [0, 0.05) is 25.2 Å². The predicted molar refractivity (Wildman–Crippen MR) is 98.3 cm³/mol. The molecule has 0 bridgehead atoms. The first kappa shape index (κ1) is 16.6. The van der Waals surface area contributed by atoms with Gasteiger partial charge in [-0.1, -0.05) is 60.1 Å². The van der Waals surface area contributed by atoms with Gasteiger partial charge in [0.15, 0.2) is 0 Å². The highest BCUT2D eigenvalue weighted by molar-refractivity contribution is 6.31. The standard InChI is InChI=1S/C19H20ClN3O/c1-24-12-11-23-18(15-7-3-2-4-8-15)14-22-19(23)21-13-16-9-5-6-10-17(16)20/h2-10,14H,11-13H2,1H3,(H,21,22). The lowest BCUT2D eigenvalue weighted by Crippen LogP contribution is -2.11. The number of benzene rings is 2. The van der Waals surface area contributed by atoms with Crippen LogP contribution in [-0.4, -0.2) is 23.3 Å². The molecule has 24 heavy (non-hydrogen) atoms. The van der Waals surface area contributed by atoms with Gasteiger partial charge in [-0.2, -0.15) is 0 Å². The molecule has 0 fully saturated rings. The minimum Gasteiger partial charge on any atom is -0.383 e. The molecule has 1 N–H and O–H groups in total. The van der Waals surface area contributed by atoms with Crippen molar-refractivity contribution in [2.45, 2.75) is 13.1 Å². The smallest absolute Gasteiger partial charge is 0.203 e. The van der Waals surface area contributed by atoms with Gasteiger partial charge in [0.05, 0.1) is 18.5 Å². The number of anilines is 1. The molecule has 0 spiro atoms. The number of hydrogen-bond acceptors (Lipinski definition) is 3. The average Bonchev–Trinajstić information content (AvgIpc) is 3.03. The van der Waals surface area contributed by atoms with Gasteiger partial charge in [-0.25, -0.2) is 4.98 Å². The van der Waals surface area contributed by atoms with Crippen molar-refractivity contribution in [2.24, 2.45) is 0 Å². The van der Waals surface area contributed by atoms with Gasteiger partial charge in [0.1, 0.15) is 0 Å². The van der Waals surface area contributed by atoms with E-state index in [1.165, 1.54) is 0 Å².